The number of hydrogen-bond donors (Lipinski definition) is 0. The lowest BCUT2D eigenvalue weighted by Gasteiger charge is -2.33. The Morgan fingerprint density at radius 1 is 0.733 bits per heavy atom. The first-order valence-electron chi connectivity index (χ1n) is 9.79. The predicted molar refractivity (Wildman–Crippen MR) is 122 cm³/mol. The monoisotopic (exact) mass is 404 g/mol. The van der Waals surface area contributed by atoms with Crippen LogP contribution in [-0.4, -0.2) is 34.0 Å². The molecule has 0 radical (unpaired) electrons. The van der Waals surface area contributed by atoms with Crippen molar-refractivity contribution in [2.24, 2.45) is 0 Å². The zero-order valence-corrected chi connectivity index (χ0v) is 17.9. The van der Waals surface area contributed by atoms with E-state index in [2.05, 4.69) is 30.4 Å². The maximum atomic E-state index is 5.98. The van der Waals surface area contributed by atoms with Crippen molar-refractivity contribution in [1.82, 2.24) is 0 Å². The third-order valence-corrected chi connectivity index (χ3v) is 5.16. The summed E-state index contributed by atoms with van der Waals surface area (Å²) in [4.78, 5) is 0. The van der Waals surface area contributed by atoms with Gasteiger partial charge in [0.25, 0.3) is 0 Å². The van der Waals surface area contributed by atoms with Crippen molar-refractivity contribution in [2.75, 3.05) is 28.4 Å². The number of benzene rings is 2. The highest BCUT2D eigenvalue weighted by Gasteiger charge is 2.35. The number of hydrogen-bond acceptors (Lipinski definition) is 4. The normalized spacial score (nSPS) is 18.9. The lowest BCUT2D eigenvalue weighted by atomic mass is 9.86. The summed E-state index contributed by atoms with van der Waals surface area (Å²) in [7, 11) is 6.63. The SMILES string of the molecule is COC1=CC=C(C=Cc2ccccc2)CC1(C=Cc1ccc(OC)c(OC)c1)OC. The summed E-state index contributed by atoms with van der Waals surface area (Å²) in [5.41, 5.74) is 2.60. The van der Waals surface area contributed by atoms with Gasteiger partial charge in [-0.1, -0.05) is 60.7 Å². The van der Waals surface area contributed by atoms with Crippen LogP contribution < -0.4 is 9.47 Å². The zero-order chi connectivity index (χ0) is 21.4. The average molecular weight is 405 g/mol. The van der Waals surface area contributed by atoms with Crippen molar-refractivity contribution >= 4 is 12.2 Å². The fourth-order valence-corrected chi connectivity index (χ4v) is 3.46. The summed E-state index contributed by atoms with van der Waals surface area (Å²) in [5.74, 6) is 2.14. The maximum Gasteiger partial charge on any atom is 0.161 e. The summed E-state index contributed by atoms with van der Waals surface area (Å²) in [6.45, 7) is 0. The van der Waals surface area contributed by atoms with Gasteiger partial charge in [0, 0.05) is 13.5 Å². The fraction of sp³-hybridized carbons (Fsp3) is 0.231. The lowest BCUT2D eigenvalue weighted by molar-refractivity contribution is 0.0182. The van der Waals surface area contributed by atoms with Gasteiger partial charge in [-0.2, -0.15) is 0 Å². The van der Waals surface area contributed by atoms with Gasteiger partial charge in [-0.25, -0.2) is 0 Å². The van der Waals surface area contributed by atoms with E-state index in [0.29, 0.717) is 17.9 Å². The largest absolute Gasteiger partial charge is 0.498 e. The van der Waals surface area contributed by atoms with Crippen molar-refractivity contribution in [3.05, 3.63) is 95.3 Å². The Balaban J connectivity index is 1.87. The van der Waals surface area contributed by atoms with Gasteiger partial charge in [-0.3, -0.25) is 0 Å². The van der Waals surface area contributed by atoms with E-state index in [1.54, 1.807) is 28.4 Å². The fourth-order valence-electron chi connectivity index (χ4n) is 3.46. The summed E-state index contributed by atoms with van der Waals surface area (Å²) >= 11 is 0. The van der Waals surface area contributed by atoms with Gasteiger partial charge in [0.05, 0.1) is 21.3 Å². The van der Waals surface area contributed by atoms with E-state index in [4.69, 9.17) is 18.9 Å². The first kappa shape index (κ1) is 21.5. The molecule has 3 rings (SSSR count). The minimum atomic E-state index is -0.687. The quantitative estimate of drug-likeness (QED) is 0.568. The molecular formula is C26H28O4. The highest BCUT2D eigenvalue weighted by atomic mass is 16.5. The summed E-state index contributed by atoms with van der Waals surface area (Å²) in [5, 5.41) is 0. The van der Waals surface area contributed by atoms with Gasteiger partial charge in [-0.15, -0.1) is 0 Å². The van der Waals surface area contributed by atoms with Gasteiger partial charge in [-0.05, 0) is 41.0 Å². The second-order valence-corrected chi connectivity index (χ2v) is 6.94. The molecule has 4 heteroatoms. The second-order valence-electron chi connectivity index (χ2n) is 6.94. The van der Waals surface area contributed by atoms with Crippen molar-refractivity contribution in [3.8, 4) is 11.5 Å². The molecule has 1 atom stereocenters. The van der Waals surface area contributed by atoms with Gasteiger partial charge >= 0.3 is 0 Å². The van der Waals surface area contributed by atoms with Crippen LogP contribution in [0.4, 0.5) is 0 Å². The smallest absolute Gasteiger partial charge is 0.161 e. The van der Waals surface area contributed by atoms with Crippen molar-refractivity contribution < 1.29 is 18.9 Å². The van der Waals surface area contributed by atoms with E-state index in [1.165, 1.54) is 0 Å². The molecule has 2 aromatic rings. The van der Waals surface area contributed by atoms with E-state index in [9.17, 15) is 0 Å². The predicted octanol–water partition coefficient (Wildman–Crippen LogP) is 5.68. The van der Waals surface area contributed by atoms with E-state index >= 15 is 0 Å². The molecule has 0 fully saturated rings. The van der Waals surface area contributed by atoms with Gasteiger partial charge in [0.15, 0.2) is 11.5 Å². The van der Waals surface area contributed by atoms with Gasteiger partial charge < -0.3 is 18.9 Å². The first-order chi connectivity index (χ1) is 14.6. The molecule has 1 aliphatic rings. The van der Waals surface area contributed by atoms with Crippen LogP contribution in [0.5, 0.6) is 11.5 Å². The minimum Gasteiger partial charge on any atom is -0.498 e. The van der Waals surface area contributed by atoms with Crippen molar-refractivity contribution in [1.29, 1.82) is 0 Å². The zero-order valence-electron chi connectivity index (χ0n) is 17.9. The molecule has 0 spiro atoms. The van der Waals surface area contributed by atoms with Crippen LogP contribution in [0.15, 0.2) is 84.2 Å². The lowest BCUT2D eigenvalue weighted by Crippen LogP contribution is -2.34. The van der Waals surface area contributed by atoms with Gasteiger partial charge in [0.2, 0.25) is 0 Å². The summed E-state index contributed by atoms with van der Waals surface area (Å²) in [6.07, 6.45) is 13.0. The molecule has 0 aromatic heterocycles. The van der Waals surface area contributed by atoms with Crippen LogP contribution in [0.25, 0.3) is 12.2 Å². The highest BCUT2D eigenvalue weighted by molar-refractivity contribution is 5.59. The van der Waals surface area contributed by atoms with Crippen LogP contribution in [0.3, 0.4) is 0 Å². The third-order valence-electron chi connectivity index (χ3n) is 5.16. The first-order valence-corrected chi connectivity index (χ1v) is 9.79. The standard InChI is InChI=1S/C26H28O4/c1-27-23-14-12-21(18-24(23)28-2)16-17-26(30-4)19-22(13-15-25(26)29-3)11-10-20-8-6-5-7-9-20/h5-18H,19H2,1-4H3. The summed E-state index contributed by atoms with van der Waals surface area (Å²) < 4.78 is 22.4. The number of rotatable bonds is 8. The van der Waals surface area contributed by atoms with Crippen molar-refractivity contribution in [2.45, 2.75) is 12.0 Å². The molecule has 2 aromatic carbocycles. The number of ether oxygens (including phenoxy) is 4. The Morgan fingerprint density at radius 2 is 1.50 bits per heavy atom. The average Bonchev–Trinajstić information content (AvgIpc) is 2.81. The molecule has 156 valence electrons. The van der Waals surface area contributed by atoms with E-state index in [1.807, 2.05) is 54.6 Å². The minimum absolute atomic E-state index is 0.663. The second kappa shape index (κ2) is 9.99. The van der Waals surface area contributed by atoms with Gasteiger partial charge in [0.1, 0.15) is 11.4 Å². The molecule has 0 aliphatic heterocycles. The van der Waals surface area contributed by atoms with Crippen LogP contribution in [0.2, 0.25) is 0 Å². The van der Waals surface area contributed by atoms with Crippen molar-refractivity contribution in [3.63, 3.8) is 0 Å². The van der Waals surface area contributed by atoms with Crippen LogP contribution in [0, 0.1) is 0 Å². The Hall–Kier alpha value is -3.24. The Kier molecular flexibility index (Phi) is 7.15. The molecule has 4 nitrogen and oxygen atoms in total. The van der Waals surface area contributed by atoms with E-state index in [0.717, 1.165) is 22.5 Å². The van der Waals surface area contributed by atoms with Crippen LogP contribution in [-0.2, 0) is 9.47 Å². The molecule has 0 amide bonds. The third kappa shape index (κ3) is 4.84. The molecule has 0 saturated carbocycles. The topological polar surface area (TPSA) is 36.9 Å². The van der Waals surface area contributed by atoms with Crippen LogP contribution >= 0.6 is 0 Å². The molecule has 1 aliphatic carbocycles. The maximum absolute atomic E-state index is 5.98. The molecule has 1 unspecified atom stereocenters. The number of allylic oxidation sites excluding steroid dienone is 3. The van der Waals surface area contributed by atoms with E-state index in [-0.39, 0.29) is 0 Å². The molecule has 0 N–H and O–H groups in total. The molecule has 0 bridgehead atoms. The van der Waals surface area contributed by atoms with E-state index < -0.39 is 5.60 Å². The Bertz CT molecular complexity index is 970. The molecule has 0 saturated heterocycles. The highest BCUT2D eigenvalue weighted by Crippen LogP contribution is 2.36. The Morgan fingerprint density at radius 3 is 2.17 bits per heavy atom. The number of methoxy groups -OCH3 is 4. The Labute approximate surface area is 178 Å². The molecule has 0 heterocycles. The van der Waals surface area contributed by atoms with Crippen LogP contribution in [0.1, 0.15) is 17.5 Å². The molecule has 30 heavy (non-hydrogen) atoms. The summed E-state index contributed by atoms with van der Waals surface area (Å²) in [6, 6.07) is 16.0. The molecular weight excluding hydrogens is 376 g/mol.